The predicted octanol–water partition coefficient (Wildman–Crippen LogP) is 3.35. The zero-order chi connectivity index (χ0) is 22.4. The van der Waals surface area contributed by atoms with E-state index in [4.69, 9.17) is 14.0 Å². The second kappa shape index (κ2) is 9.78. The summed E-state index contributed by atoms with van der Waals surface area (Å²) in [5.41, 5.74) is 0.247. The third-order valence-corrected chi connectivity index (χ3v) is 4.18. The van der Waals surface area contributed by atoms with Crippen LogP contribution in [-0.2, 0) is 19.6 Å². The summed E-state index contributed by atoms with van der Waals surface area (Å²) in [6.07, 6.45) is -6.14. The minimum Gasteiger partial charge on any atom is -0.461 e. The molecule has 30 heavy (non-hydrogen) atoms. The third kappa shape index (κ3) is 7.54. The van der Waals surface area contributed by atoms with Gasteiger partial charge in [0.05, 0.1) is 5.56 Å². The van der Waals surface area contributed by atoms with Crippen LogP contribution in [0.25, 0.3) is 0 Å². The van der Waals surface area contributed by atoms with E-state index >= 15 is 0 Å². The Labute approximate surface area is 169 Å². The first-order valence-corrected chi connectivity index (χ1v) is 9.86. The van der Waals surface area contributed by atoms with Gasteiger partial charge in [-0.3, -0.25) is 4.55 Å². The van der Waals surface area contributed by atoms with E-state index < -0.39 is 52.6 Å². The Morgan fingerprint density at radius 3 is 2.33 bits per heavy atom. The molecule has 0 radical (unpaired) electrons. The molecule has 2 aromatic rings. The molecule has 0 saturated heterocycles. The topological polar surface area (TPSA) is 108 Å². The van der Waals surface area contributed by atoms with Crippen LogP contribution < -0.4 is 9.47 Å². The standard InChI is InChI=1S/C18H17F3O8S/c1-26-17(12-5-3-2-4-6-12)28-15-11-13(7-8-14(15)29-18(19,20)21)16(22)27-9-10-30(23,24)25/h2-8,11,17H,9-10H2,1H3,(H,23,24,25). The van der Waals surface area contributed by atoms with Crippen LogP contribution in [0.2, 0.25) is 0 Å². The Balaban J connectivity index is 2.29. The van der Waals surface area contributed by atoms with E-state index in [1.54, 1.807) is 30.3 Å². The lowest BCUT2D eigenvalue weighted by molar-refractivity contribution is -0.275. The van der Waals surface area contributed by atoms with Crippen molar-refractivity contribution in [1.82, 2.24) is 0 Å². The lowest BCUT2D eigenvalue weighted by Gasteiger charge is -2.21. The maximum absolute atomic E-state index is 12.7. The van der Waals surface area contributed by atoms with E-state index in [9.17, 15) is 26.4 Å². The molecule has 0 saturated carbocycles. The zero-order valence-electron chi connectivity index (χ0n) is 15.5. The van der Waals surface area contributed by atoms with Gasteiger partial charge in [0.15, 0.2) is 11.5 Å². The molecule has 0 aliphatic carbocycles. The molecule has 0 fully saturated rings. The van der Waals surface area contributed by atoms with Gasteiger partial charge in [0.25, 0.3) is 10.1 Å². The average Bonchev–Trinajstić information content (AvgIpc) is 2.65. The molecule has 1 atom stereocenters. The van der Waals surface area contributed by atoms with Crippen molar-refractivity contribution in [2.75, 3.05) is 19.5 Å². The lowest BCUT2D eigenvalue weighted by Crippen LogP contribution is -2.19. The maximum Gasteiger partial charge on any atom is 0.573 e. The fourth-order valence-corrected chi connectivity index (χ4v) is 2.53. The molecule has 8 nitrogen and oxygen atoms in total. The number of esters is 1. The number of carbonyl (C=O) groups is 1. The van der Waals surface area contributed by atoms with Crippen LogP contribution in [0.15, 0.2) is 48.5 Å². The molecule has 1 N–H and O–H groups in total. The first-order valence-electron chi connectivity index (χ1n) is 8.25. The summed E-state index contributed by atoms with van der Waals surface area (Å²) >= 11 is 0. The highest BCUT2D eigenvalue weighted by atomic mass is 32.2. The van der Waals surface area contributed by atoms with E-state index in [1.807, 2.05) is 0 Å². The Bertz CT molecular complexity index is 961. The minimum absolute atomic E-state index is 0.238. The molecule has 1 unspecified atom stereocenters. The zero-order valence-corrected chi connectivity index (χ0v) is 16.3. The third-order valence-electron chi connectivity index (χ3n) is 3.50. The number of hydrogen-bond acceptors (Lipinski definition) is 7. The van der Waals surface area contributed by atoms with Crippen LogP contribution in [0.3, 0.4) is 0 Å². The molecule has 0 aliphatic rings. The van der Waals surface area contributed by atoms with E-state index in [0.717, 1.165) is 18.2 Å². The van der Waals surface area contributed by atoms with Crippen LogP contribution in [-0.4, -0.2) is 44.8 Å². The number of methoxy groups -OCH3 is 1. The highest BCUT2D eigenvalue weighted by molar-refractivity contribution is 7.85. The predicted molar refractivity (Wildman–Crippen MR) is 96.6 cm³/mol. The lowest BCUT2D eigenvalue weighted by atomic mass is 10.2. The van der Waals surface area contributed by atoms with Crippen molar-refractivity contribution in [3.05, 3.63) is 59.7 Å². The quantitative estimate of drug-likeness (QED) is 0.352. The van der Waals surface area contributed by atoms with E-state index in [0.29, 0.717) is 5.56 Å². The Hall–Kier alpha value is -2.83. The van der Waals surface area contributed by atoms with Gasteiger partial charge in [-0.2, -0.15) is 8.42 Å². The van der Waals surface area contributed by atoms with E-state index in [-0.39, 0.29) is 5.56 Å². The summed E-state index contributed by atoms with van der Waals surface area (Å²) in [6, 6.07) is 11.1. The van der Waals surface area contributed by atoms with Gasteiger partial charge in [0, 0.05) is 12.7 Å². The first-order chi connectivity index (χ1) is 14.0. The molecule has 0 amide bonds. The Morgan fingerprint density at radius 2 is 1.77 bits per heavy atom. The smallest absolute Gasteiger partial charge is 0.461 e. The van der Waals surface area contributed by atoms with E-state index in [1.165, 1.54) is 7.11 Å². The van der Waals surface area contributed by atoms with Gasteiger partial charge >= 0.3 is 12.3 Å². The molecule has 2 rings (SSSR count). The first kappa shape index (κ1) is 23.4. The van der Waals surface area contributed by atoms with Gasteiger partial charge in [-0.25, -0.2) is 4.79 Å². The number of carbonyl (C=O) groups excluding carboxylic acids is 1. The maximum atomic E-state index is 12.7. The molecule has 164 valence electrons. The van der Waals surface area contributed by atoms with Crippen molar-refractivity contribution >= 4 is 16.1 Å². The van der Waals surface area contributed by atoms with Crippen LogP contribution in [0.4, 0.5) is 13.2 Å². The Morgan fingerprint density at radius 1 is 1.10 bits per heavy atom. The molecule has 0 aliphatic heterocycles. The normalized spacial score (nSPS) is 12.8. The second-order valence-corrected chi connectivity index (χ2v) is 7.30. The molecule has 12 heteroatoms. The van der Waals surface area contributed by atoms with E-state index in [2.05, 4.69) is 9.47 Å². The van der Waals surface area contributed by atoms with Crippen molar-refractivity contribution in [2.45, 2.75) is 12.7 Å². The second-order valence-electron chi connectivity index (χ2n) is 5.73. The largest absolute Gasteiger partial charge is 0.573 e. The summed E-state index contributed by atoms with van der Waals surface area (Å²) in [5, 5.41) is 0. The monoisotopic (exact) mass is 450 g/mol. The molecular weight excluding hydrogens is 433 g/mol. The molecule has 2 aromatic carbocycles. The molecular formula is C18H17F3O8S. The van der Waals surface area contributed by atoms with Crippen molar-refractivity contribution in [3.63, 3.8) is 0 Å². The van der Waals surface area contributed by atoms with Gasteiger partial charge in [0.2, 0.25) is 6.29 Å². The van der Waals surface area contributed by atoms with Crippen LogP contribution in [0.1, 0.15) is 22.2 Å². The number of hydrogen-bond donors (Lipinski definition) is 1. The number of rotatable bonds is 9. The molecule has 0 heterocycles. The fourth-order valence-electron chi connectivity index (χ4n) is 2.24. The number of ether oxygens (including phenoxy) is 4. The van der Waals surface area contributed by atoms with Gasteiger partial charge in [-0.1, -0.05) is 30.3 Å². The van der Waals surface area contributed by atoms with Crippen LogP contribution in [0.5, 0.6) is 11.5 Å². The highest BCUT2D eigenvalue weighted by Crippen LogP contribution is 2.36. The number of benzene rings is 2. The van der Waals surface area contributed by atoms with Crippen molar-refractivity contribution in [1.29, 1.82) is 0 Å². The van der Waals surface area contributed by atoms with Gasteiger partial charge in [-0.05, 0) is 18.2 Å². The highest BCUT2D eigenvalue weighted by Gasteiger charge is 2.33. The van der Waals surface area contributed by atoms with Crippen molar-refractivity contribution < 1.29 is 49.9 Å². The minimum atomic E-state index is -5.02. The SMILES string of the molecule is COC(Oc1cc(C(=O)OCCS(=O)(=O)O)ccc1OC(F)(F)F)c1ccccc1. The van der Waals surface area contributed by atoms with Crippen molar-refractivity contribution in [2.24, 2.45) is 0 Å². The van der Waals surface area contributed by atoms with Gasteiger partial charge < -0.3 is 18.9 Å². The Kier molecular flexibility index (Phi) is 7.65. The summed E-state index contributed by atoms with van der Waals surface area (Å²) in [5.74, 6) is -3.07. The molecule has 0 aromatic heterocycles. The number of alkyl halides is 3. The van der Waals surface area contributed by atoms with Crippen LogP contribution >= 0.6 is 0 Å². The molecule has 0 bridgehead atoms. The summed E-state index contributed by atoms with van der Waals surface area (Å²) in [4.78, 5) is 12.1. The summed E-state index contributed by atoms with van der Waals surface area (Å²) < 4.78 is 87.4. The number of halogens is 3. The van der Waals surface area contributed by atoms with Gasteiger partial charge in [-0.15, -0.1) is 13.2 Å². The summed E-state index contributed by atoms with van der Waals surface area (Å²) in [7, 11) is -3.08. The van der Waals surface area contributed by atoms with Gasteiger partial charge in [0.1, 0.15) is 12.4 Å². The summed E-state index contributed by atoms with van der Waals surface area (Å²) in [6.45, 7) is -0.653. The van der Waals surface area contributed by atoms with Crippen molar-refractivity contribution in [3.8, 4) is 11.5 Å². The average molecular weight is 450 g/mol. The fraction of sp³-hybridized carbons (Fsp3) is 0.278. The van der Waals surface area contributed by atoms with Crippen LogP contribution in [0, 0.1) is 0 Å². The molecule has 0 spiro atoms.